The third kappa shape index (κ3) is 3.44. The van der Waals surface area contributed by atoms with Crippen LogP contribution in [0.2, 0.25) is 10.3 Å². The Bertz CT molecular complexity index is 1370. The number of benzene rings is 3. The van der Waals surface area contributed by atoms with Crippen LogP contribution in [0.15, 0.2) is 84.9 Å². The van der Waals surface area contributed by atoms with E-state index in [0.29, 0.717) is 21.5 Å². The van der Waals surface area contributed by atoms with E-state index in [1.54, 1.807) is 11.6 Å². The Morgan fingerprint density at radius 2 is 1.29 bits per heavy atom. The Hall–Kier alpha value is -3.34. The summed E-state index contributed by atoms with van der Waals surface area (Å²) in [6.07, 6.45) is 0. The second-order valence-corrected chi connectivity index (χ2v) is 7.70. The zero-order valence-corrected chi connectivity index (χ0v) is 18.1. The van der Waals surface area contributed by atoms with Crippen molar-refractivity contribution in [3.05, 3.63) is 95.2 Å². The monoisotopic (exact) mass is 445 g/mol. The summed E-state index contributed by atoms with van der Waals surface area (Å²) in [5, 5.41) is 5.58. The summed E-state index contributed by atoms with van der Waals surface area (Å²) in [6.45, 7) is 0. The van der Waals surface area contributed by atoms with Crippen LogP contribution in [0.25, 0.3) is 39.2 Å². The van der Waals surface area contributed by atoms with Crippen LogP contribution in [0.1, 0.15) is 0 Å². The average Bonchev–Trinajstić information content (AvgIpc) is 3.20. The van der Waals surface area contributed by atoms with Crippen molar-refractivity contribution in [2.75, 3.05) is 7.11 Å². The third-order valence-corrected chi connectivity index (χ3v) is 5.77. The lowest BCUT2D eigenvalue weighted by atomic mass is 10.0. The highest BCUT2D eigenvalue weighted by atomic mass is 35.5. The van der Waals surface area contributed by atoms with Crippen molar-refractivity contribution in [1.82, 2.24) is 14.6 Å². The molecule has 0 saturated heterocycles. The number of hydrogen-bond donors (Lipinski definition) is 0. The molecule has 0 unspecified atom stereocenters. The van der Waals surface area contributed by atoms with Gasteiger partial charge in [0.05, 0.1) is 18.2 Å². The first-order valence-corrected chi connectivity index (χ1v) is 10.5. The van der Waals surface area contributed by atoms with Crippen LogP contribution < -0.4 is 4.74 Å². The summed E-state index contributed by atoms with van der Waals surface area (Å²) in [6, 6.07) is 27.5. The Kier molecular flexibility index (Phi) is 5.10. The smallest absolute Gasteiger partial charge is 0.166 e. The highest BCUT2D eigenvalue weighted by molar-refractivity contribution is 6.38. The van der Waals surface area contributed by atoms with Gasteiger partial charge in [-0.15, -0.1) is 0 Å². The van der Waals surface area contributed by atoms with Crippen LogP contribution in [0, 0.1) is 0 Å². The van der Waals surface area contributed by atoms with Gasteiger partial charge in [-0.3, -0.25) is 0 Å². The fourth-order valence-electron chi connectivity index (χ4n) is 3.65. The maximum Gasteiger partial charge on any atom is 0.166 e. The normalized spacial score (nSPS) is 11.1. The zero-order chi connectivity index (χ0) is 21.4. The van der Waals surface area contributed by atoms with E-state index in [1.165, 1.54) is 0 Å². The van der Waals surface area contributed by atoms with E-state index in [9.17, 15) is 0 Å². The molecule has 0 fully saturated rings. The van der Waals surface area contributed by atoms with Crippen molar-refractivity contribution < 1.29 is 4.74 Å². The summed E-state index contributed by atoms with van der Waals surface area (Å²) in [7, 11) is 1.63. The minimum atomic E-state index is 0.319. The molecule has 5 rings (SSSR count). The molecule has 0 amide bonds. The Morgan fingerprint density at radius 1 is 0.710 bits per heavy atom. The fourth-order valence-corrected chi connectivity index (χ4v) is 4.30. The summed E-state index contributed by atoms with van der Waals surface area (Å²) >= 11 is 13.5. The maximum absolute atomic E-state index is 6.86. The molecule has 152 valence electrons. The van der Waals surface area contributed by atoms with E-state index in [-0.39, 0.29) is 0 Å². The third-order valence-electron chi connectivity index (χ3n) is 5.15. The van der Waals surface area contributed by atoms with Gasteiger partial charge < -0.3 is 4.74 Å². The average molecular weight is 446 g/mol. The van der Waals surface area contributed by atoms with Crippen LogP contribution in [0.4, 0.5) is 0 Å². The van der Waals surface area contributed by atoms with Gasteiger partial charge in [0.2, 0.25) is 0 Å². The van der Waals surface area contributed by atoms with Crippen molar-refractivity contribution in [2.45, 2.75) is 0 Å². The number of methoxy groups -OCH3 is 1. The molecule has 5 aromatic rings. The number of fused-ring (bicyclic) bond motifs is 1. The molecule has 2 aromatic heterocycles. The van der Waals surface area contributed by atoms with Crippen LogP contribution in [-0.2, 0) is 0 Å². The Balaban J connectivity index is 1.81. The molecule has 0 aliphatic heterocycles. The van der Waals surface area contributed by atoms with Crippen molar-refractivity contribution >= 4 is 28.8 Å². The lowest BCUT2D eigenvalue weighted by molar-refractivity contribution is 0.415. The minimum absolute atomic E-state index is 0.319. The SMILES string of the molecule is COc1ccc(-c2c(Cl)nc3c(-c4ccccc4)c(-c4ccccc4)nn3c2Cl)cc1. The molecular formula is C25H17Cl2N3O. The largest absolute Gasteiger partial charge is 0.497 e. The Labute approximate surface area is 189 Å². The minimum Gasteiger partial charge on any atom is -0.497 e. The molecule has 0 radical (unpaired) electrons. The molecule has 4 nitrogen and oxygen atoms in total. The zero-order valence-electron chi connectivity index (χ0n) is 16.6. The van der Waals surface area contributed by atoms with E-state index < -0.39 is 0 Å². The van der Waals surface area contributed by atoms with Gasteiger partial charge in [0.25, 0.3) is 0 Å². The van der Waals surface area contributed by atoms with Crippen molar-refractivity contribution in [2.24, 2.45) is 0 Å². The van der Waals surface area contributed by atoms with Gasteiger partial charge in [0.1, 0.15) is 21.7 Å². The summed E-state index contributed by atoms with van der Waals surface area (Å²) < 4.78 is 6.92. The van der Waals surface area contributed by atoms with Crippen molar-refractivity contribution in [3.63, 3.8) is 0 Å². The lowest BCUT2D eigenvalue weighted by Crippen LogP contribution is -1.97. The fraction of sp³-hybridized carbons (Fsp3) is 0.0400. The molecular weight excluding hydrogens is 429 g/mol. The lowest BCUT2D eigenvalue weighted by Gasteiger charge is -2.10. The number of halogens is 2. The first kappa shape index (κ1) is 19.6. The number of aromatic nitrogens is 3. The molecule has 0 saturated carbocycles. The number of ether oxygens (including phenoxy) is 1. The molecule has 0 aliphatic rings. The number of hydrogen-bond acceptors (Lipinski definition) is 3. The quantitative estimate of drug-likeness (QED) is 0.278. The van der Waals surface area contributed by atoms with Crippen LogP contribution in [0.5, 0.6) is 5.75 Å². The van der Waals surface area contributed by atoms with Gasteiger partial charge in [-0.1, -0.05) is 96.0 Å². The molecule has 2 heterocycles. The summed E-state index contributed by atoms with van der Waals surface area (Å²) in [5.41, 5.74) is 5.72. The molecule has 0 N–H and O–H groups in total. The van der Waals surface area contributed by atoms with E-state index in [4.69, 9.17) is 38.0 Å². The second-order valence-electron chi connectivity index (χ2n) is 6.99. The molecule has 6 heteroatoms. The number of nitrogens with zero attached hydrogens (tertiary/aromatic N) is 3. The van der Waals surface area contributed by atoms with Crippen LogP contribution >= 0.6 is 23.2 Å². The van der Waals surface area contributed by atoms with Crippen LogP contribution in [0.3, 0.4) is 0 Å². The van der Waals surface area contributed by atoms with Gasteiger partial charge in [-0.05, 0) is 23.3 Å². The second kappa shape index (κ2) is 8.06. The van der Waals surface area contributed by atoms with Crippen LogP contribution in [-0.4, -0.2) is 21.7 Å². The highest BCUT2D eigenvalue weighted by Gasteiger charge is 2.23. The first-order valence-electron chi connectivity index (χ1n) is 9.70. The van der Waals surface area contributed by atoms with E-state index >= 15 is 0 Å². The molecule has 0 spiro atoms. The standard InChI is InChI=1S/C25H17Cl2N3O/c1-31-19-14-12-17(13-15-19)21-23(26)28-25-20(16-8-4-2-5-9-16)22(29-30(25)24(21)27)18-10-6-3-7-11-18/h2-15H,1H3. The van der Waals surface area contributed by atoms with Gasteiger partial charge >= 0.3 is 0 Å². The first-order chi connectivity index (χ1) is 15.2. The summed E-state index contributed by atoms with van der Waals surface area (Å²) in [4.78, 5) is 4.73. The molecule has 3 aromatic carbocycles. The van der Waals surface area contributed by atoms with Gasteiger partial charge in [0, 0.05) is 5.56 Å². The predicted octanol–water partition coefficient (Wildman–Crippen LogP) is 7.05. The molecule has 31 heavy (non-hydrogen) atoms. The number of rotatable bonds is 4. The van der Waals surface area contributed by atoms with Gasteiger partial charge in [0.15, 0.2) is 5.65 Å². The van der Waals surface area contributed by atoms with E-state index in [2.05, 4.69) is 0 Å². The van der Waals surface area contributed by atoms with Crippen molar-refractivity contribution in [1.29, 1.82) is 0 Å². The molecule has 0 bridgehead atoms. The summed E-state index contributed by atoms with van der Waals surface area (Å²) in [5.74, 6) is 0.752. The molecule has 0 atom stereocenters. The Morgan fingerprint density at radius 3 is 1.90 bits per heavy atom. The van der Waals surface area contributed by atoms with Gasteiger partial charge in [-0.2, -0.15) is 5.10 Å². The van der Waals surface area contributed by atoms with Crippen molar-refractivity contribution in [3.8, 4) is 39.3 Å². The highest BCUT2D eigenvalue weighted by Crippen LogP contribution is 2.40. The predicted molar refractivity (Wildman–Crippen MR) is 126 cm³/mol. The van der Waals surface area contributed by atoms with E-state index in [1.807, 2.05) is 84.9 Å². The topological polar surface area (TPSA) is 39.4 Å². The maximum atomic E-state index is 6.86. The van der Waals surface area contributed by atoms with Gasteiger partial charge in [-0.25, -0.2) is 9.50 Å². The molecule has 0 aliphatic carbocycles. The van der Waals surface area contributed by atoms with E-state index in [0.717, 1.165) is 33.7 Å².